The highest BCUT2D eigenvalue weighted by atomic mass is 16.4. The first-order chi connectivity index (χ1) is 16.7. The number of benzene rings is 3. The largest absolute Gasteiger partial charge is 0.508 e. The van der Waals surface area contributed by atoms with Crippen LogP contribution >= 0.6 is 0 Å². The van der Waals surface area contributed by atoms with Crippen molar-refractivity contribution in [2.75, 3.05) is 13.1 Å². The standard InChI is InChI=1S/C29H32N2O4/c1-19-17-31(20(2)16-30(19)18-22-7-9-25(10-8-22)29(34)35)28(26-5-4-6-27(33)15-26)24-13-11-23(12-14-24)21(3)32/h4-15,19-20,28,33H,16-18H2,1-3H3,(H,34,35)/t19-,20+,28-/m1/s1. The molecule has 1 heterocycles. The summed E-state index contributed by atoms with van der Waals surface area (Å²) in [5.41, 5.74) is 4.16. The van der Waals surface area contributed by atoms with Crippen LogP contribution in [0.15, 0.2) is 72.8 Å². The number of hydrogen-bond acceptors (Lipinski definition) is 5. The Balaban J connectivity index is 1.58. The van der Waals surface area contributed by atoms with Crippen molar-refractivity contribution in [1.82, 2.24) is 9.80 Å². The molecular weight excluding hydrogens is 440 g/mol. The van der Waals surface area contributed by atoms with Crippen molar-refractivity contribution in [3.05, 3.63) is 101 Å². The summed E-state index contributed by atoms with van der Waals surface area (Å²) in [5, 5.41) is 19.3. The van der Waals surface area contributed by atoms with Gasteiger partial charge in [-0.2, -0.15) is 0 Å². The summed E-state index contributed by atoms with van der Waals surface area (Å²) in [6, 6.07) is 22.7. The first-order valence-electron chi connectivity index (χ1n) is 11.9. The third-order valence-corrected chi connectivity index (χ3v) is 6.90. The van der Waals surface area contributed by atoms with Crippen molar-refractivity contribution < 1.29 is 19.8 Å². The predicted octanol–water partition coefficient (Wildman–Crippen LogP) is 4.98. The van der Waals surface area contributed by atoms with Crippen LogP contribution in [-0.2, 0) is 6.54 Å². The van der Waals surface area contributed by atoms with Crippen LogP contribution in [0.5, 0.6) is 5.75 Å². The van der Waals surface area contributed by atoms with Crippen molar-refractivity contribution in [2.24, 2.45) is 0 Å². The molecule has 1 saturated heterocycles. The fraction of sp³-hybridized carbons (Fsp3) is 0.310. The van der Waals surface area contributed by atoms with Crippen LogP contribution in [0.1, 0.15) is 64.2 Å². The molecule has 2 N–H and O–H groups in total. The molecule has 0 saturated carbocycles. The van der Waals surface area contributed by atoms with Gasteiger partial charge in [-0.3, -0.25) is 14.6 Å². The average molecular weight is 473 g/mol. The van der Waals surface area contributed by atoms with Crippen molar-refractivity contribution in [3.8, 4) is 5.75 Å². The van der Waals surface area contributed by atoms with Crippen LogP contribution in [0, 0.1) is 0 Å². The van der Waals surface area contributed by atoms with E-state index in [1.165, 1.54) is 0 Å². The molecule has 0 aliphatic carbocycles. The van der Waals surface area contributed by atoms with Gasteiger partial charge in [0.2, 0.25) is 0 Å². The van der Waals surface area contributed by atoms with E-state index in [1.807, 2.05) is 54.6 Å². The molecule has 6 nitrogen and oxygen atoms in total. The average Bonchev–Trinajstić information content (AvgIpc) is 2.83. The summed E-state index contributed by atoms with van der Waals surface area (Å²) in [4.78, 5) is 27.8. The number of rotatable bonds is 7. The third kappa shape index (κ3) is 5.61. The van der Waals surface area contributed by atoms with Gasteiger partial charge in [-0.25, -0.2) is 4.79 Å². The number of aromatic hydroxyl groups is 1. The van der Waals surface area contributed by atoms with Gasteiger partial charge < -0.3 is 10.2 Å². The maximum Gasteiger partial charge on any atom is 0.335 e. The topological polar surface area (TPSA) is 81.1 Å². The highest BCUT2D eigenvalue weighted by Crippen LogP contribution is 2.35. The van der Waals surface area contributed by atoms with Crippen LogP contribution in [0.4, 0.5) is 0 Å². The number of nitrogens with zero attached hydrogens (tertiary/aromatic N) is 2. The molecule has 182 valence electrons. The number of carboxylic acids is 1. The number of aromatic carboxylic acids is 1. The molecule has 0 aromatic heterocycles. The molecule has 3 atom stereocenters. The minimum atomic E-state index is -0.915. The summed E-state index contributed by atoms with van der Waals surface area (Å²) in [7, 11) is 0. The second kappa shape index (κ2) is 10.4. The lowest BCUT2D eigenvalue weighted by atomic mass is 9.92. The number of phenols is 1. The van der Waals surface area contributed by atoms with E-state index in [0.717, 1.165) is 36.3 Å². The monoisotopic (exact) mass is 472 g/mol. The van der Waals surface area contributed by atoms with Gasteiger partial charge >= 0.3 is 5.97 Å². The lowest BCUT2D eigenvalue weighted by Gasteiger charge is -2.47. The zero-order valence-corrected chi connectivity index (χ0v) is 20.4. The molecule has 1 fully saturated rings. The maximum atomic E-state index is 11.8. The Morgan fingerprint density at radius 2 is 1.54 bits per heavy atom. The normalized spacial score (nSPS) is 19.9. The number of carbonyl (C=O) groups excluding carboxylic acids is 1. The molecular formula is C29H32N2O4. The Morgan fingerprint density at radius 3 is 2.14 bits per heavy atom. The summed E-state index contributed by atoms with van der Waals surface area (Å²) in [6.45, 7) is 8.42. The first-order valence-corrected chi connectivity index (χ1v) is 11.9. The Labute approximate surface area is 206 Å². The van der Waals surface area contributed by atoms with E-state index >= 15 is 0 Å². The number of carboxylic acid groups (broad SMARTS) is 1. The van der Waals surface area contributed by atoms with Crippen LogP contribution in [-0.4, -0.2) is 56.9 Å². The van der Waals surface area contributed by atoms with Gasteiger partial charge in [-0.15, -0.1) is 0 Å². The van der Waals surface area contributed by atoms with Gasteiger partial charge in [0.25, 0.3) is 0 Å². The van der Waals surface area contributed by atoms with E-state index in [-0.39, 0.29) is 29.7 Å². The van der Waals surface area contributed by atoms with Crippen LogP contribution in [0.25, 0.3) is 0 Å². The van der Waals surface area contributed by atoms with E-state index < -0.39 is 5.97 Å². The van der Waals surface area contributed by atoms with Crippen molar-refractivity contribution in [1.29, 1.82) is 0 Å². The van der Waals surface area contributed by atoms with Crippen LogP contribution in [0.2, 0.25) is 0 Å². The molecule has 1 aliphatic rings. The van der Waals surface area contributed by atoms with E-state index in [4.69, 9.17) is 5.11 Å². The number of ketones is 1. The van der Waals surface area contributed by atoms with Gasteiger partial charge in [0.15, 0.2) is 5.78 Å². The number of phenolic OH excluding ortho intramolecular Hbond substituents is 1. The summed E-state index contributed by atoms with van der Waals surface area (Å²) in [6.07, 6.45) is 0. The van der Waals surface area contributed by atoms with E-state index in [2.05, 4.69) is 23.6 Å². The SMILES string of the molecule is CC(=O)c1ccc([C@H](c2cccc(O)c2)N2C[C@@H](C)N(Cc3ccc(C(=O)O)cc3)C[C@@H]2C)cc1. The molecule has 1 aliphatic heterocycles. The lowest BCUT2D eigenvalue weighted by Crippen LogP contribution is -2.56. The zero-order chi connectivity index (χ0) is 25.1. The number of Topliss-reactive ketones (excluding diaryl/α,β-unsaturated/α-hetero) is 1. The molecule has 3 aromatic carbocycles. The van der Waals surface area contributed by atoms with Crippen molar-refractivity contribution >= 4 is 11.8 Å². The van der Waals surface area contributed by atoms with Gasteiger partial charge in [0, 0.05) is 37.3 Å². The van der Waals surface area contributed by atoms with E-state index in [0.29, 0.717) is 11.1 Å². The van der Waals surface area contributed by atoms with E-state index in [1.54, 1.807) is 25.1 Å². The minimum Gasteiger partial charge on any atom is -0.508 e. The van der Waals surface area contributed by atoms with Gasteiger partial charge in [0.1, 0.15) is 5.75 Å². The molecule has 0 amide bonds. The quantitative estimate of drug-likeness (QED) is 0.472. The molecule has 0 bridgehead atoms. The van der Waals surface area contributed by atoms with Gasteiger partial charge in [-0.1, -0.05) is 48.5 Å². The molecule has 6 heteroatoms. The van der Waals surface area contributed by atoms with Gasteiger partial charge in [-0.05, 0) is 61.7 Å². The summed E-state index contributed by atoms with van der Waals surface area (Å²) >= 11 is 0. The number of piperazine rings is 1. The Morgan fingerprint density at radius 1 is 0.886 bits per heavy atom. The Kier molecular flexibility index (Phi) is 7.34. The van der Waals surface area contributed by atoms with E-state index in [9.17, 15) is 14.7 Å². The Hall–Kier alpha value is -3.48. The lowest BCUT2D eigenvalue weighted by molar-refractivity contribution is 0.0195. The fourth-order valence-corrected chi connectivity index (χ4v) is 4.96. The highest BCUT2D eigenvalue weighted by molar-refractivity contribution is 5.94. The minimum absolute atomic E-state index is 0.0393. The van der Waals surface area contributed by atoms with Crippen LogP contribution < -0.4 is 0 Å². The second-order valence-electron chi connectivity index (χ2n) is 9.50. The van der Waals surface area contributed by atoms with Crippen molar-refractivity contribution in [3.63, 3.8) is 0 Å². The second-order valence-corrected chi connectivity index (χ2v) is 9.50. The summed E-state index contributed by atoms with van der Waals surface area (Å²) in [5.74, 6) is -0.643. The van der Waals surface area contributed by atoms with Gasteiger partial charge in [0.05, 0.1) is 11.6 Å². The first kappa shape index (κ1) is 24.6. The third-order valence-electron chi connectivity index (χ3n) is 6.90. The summed E-state index contributed by atoms with van der Waals surface area (Å²) < 4.78 is 0. The molecule has 0 radical (unpaired) electrons. The molecule has 0 unspecified atom stereocenters. The van der Waals surface area contributed by atoms with Crippen LogP contribution in [0.3, 0.4) is 0 Å². The number of hydrogen-bond donors (Lipinski definition) is 2. The zero-order valence-electron chi connectivity index (χ0n) is 20.4. The molecule has 0 spiro atoms. The molecule has 3 aromatic rings. The maximum absolute atomic E-state index is 11.8. The smallest absolute Gasteiger partial charge is 0.335 e. The Bertz CT molecular complexity index is 1190. The highest BCUT2D eigenvalue weighted by Gasteiger charge is 2.35. The van der Waals surface area contributed by atoms with Crippen molar-refractivity contribution in [2.45, 2.75) is 45.4 Å². The molecule has 35 heavy (non-hydrogen) atoms. The number of carbonyl (C=O) groups is 2. The predicted molar refractivity (Wildman–Crippen MR) is 136 cm³/mol. The fourth-order valence-electron chi connectivity index (χ4n) is 4.96. The molecule has 4 rings (SSSR count).